The van der Waals surface area contributed by atoms with Crippen LogP contribution in [0.1, 0.15) is 35.6 Å². The van der Waals surface area contributed by atoms with E-state index in [4.69, 9.17) is 0 Å². The van der Waals surface area contributed by atoms with Crippen LogP contribution < -0.4 is 10.6 Å². The van der Waals surface area contributed by atoms with Gasteiger partial charge in [-0.3, -0.25) is 10.4 Å². The van der Waals surface area contributed by atoms with E-state index < -0.39 is 0 Å². The Labute approximate surface area is 145 Å². The van der Waals surface area contributed by atoms with Gasteiger partial charge in [0.2, 0.25) is 0 Å². The van der Waals surface area contributed by atoms with Crippen LogP contribution in [0.15, 0.2) is 30.6 Å². The fourth-order valence-corrected chi connectivity index (χ4v) is 2.70. The second-order valence-corrected chi connectivity index (χ2v) is 6.12. The summed E-state index contributed by atoms with van der Waals surface area (Å²) < 4.78 is 1.73. The summed E-state index contributed by atoms with van der Waals surface area (Å²) in [6.45, 7) is 7.78. The number of hydrogen-bond acceptors (Lipinski definition) is 4. The van der Waals surface area contributed by atoms with Crippen molar-refractivity contribution in [1.29, 1.82) is 0 Å². The summed E-state index contributed by atoms with van der Waals surface area (Å²) in [5.74, 6) is 1.19. The fraction of sp³-hybridized carbons (Fsp3) is 0.294. The zero-order chi connectivity index (χ0) is 18.0. The standard InChI is InChI=1S/C17H21N7O/c1-10-5-11(2)7-14(6-10)24-15(8-12(3)23-24)21-17(25)20-13(4)16-18-9-19-22-16/h5-9,13H,1-4H3,(H,18,19,22)(H2,20,21,25). The Kier molecular flexibility index (Phi) is 4.51. The fourth-order valence-electron chi connectivity index (χ4n) is 2.70. The van der Waals surface area contributed by atoms with Crippen LogP contribution in [-0.2, 0) is 0 Å². The lowest BCUT2D eigenvalue weighted by atomic mass is 10.1. The summed E-state index contributed by atoms with van der Waals surface area (Å²) in [6, 6.07) is 7.35. The lowest BCUT2D eigenvalue weighted by Gasteiger charge is -2.14. The molecule has 0 spiro atoms. The molecule has 25 heavy (non-hydrogen) atoms. The minimum Gasteiger partial charge on any atom is -0.328 e. The van der Waals surface area contributed by atoms with E-state index in [0.29, 0.717) is 11.6 Å². The van der Waals surface area contributed by atoms with Crippen molar-refractivity contribution in [2.45, 2.75) is 33.7 Å². The third-order valence-corrected chi connectivity index (χ3v) is 3.72. The molecule has 8 heteroatoms. The van der Waals surface area contributed by atoms with Crippen molar-refractivity contribution >= 4 is 11.8 Å². The molecule has 2 amide bonds. The van der Waals surface area contributed by atoms with E-state index in [-0.39, 0.29) is 12.1 Å². The van der Waals surface area contributed by atoms with Crippen molar-refractivity contribution in [2.75, 3.05) is 5.32 Å². The van der Waals surface area contributed by atoms with Gasteiger partial charge in [0, 0.05) is 6.07 Å². The number of nitrogens with zero attached hydrogens (tertiary/aromatic N) is 4. The van der Waals surface area contributed by atoms with E-state index in [1.165, 1.54) is 6.33 Å². The number of carbonyl (C=O) groups excluding carboxylic acids is 1. The van der Waals surface area contributed by atoms with E-state index in [9.17, 15) is 4.79 Å². The van der Waals surface area contributed by atoms with Gasteiger partial charge in [0.25, 0.3) is 0 Å². The summed E-state index contributed by atoms with van der Waals surface area (Å²) in [5.41, 5.74) is 4.00. The minimum atomic E-state index is -0.338. The molecule has 0 saturated heterocycles. The number of nitrogens with one attached hydrogen (secondary N) is 3. The third-order valence-electron chi connectivity index (χ3n) is 3.72. The quantitative estimate of drug-likeness (QED) is 0.680. The number of anilines is 1. The lowest BCUT2D eigenvalue weighted by Crippen LogP contribution is -2.32. The maximum Gasteiger partial charge on any atom is 0.320 e. The summed E-state index contributed by atoms with van der Waals surface area (Å²) in [6.07, 6.45) is 1.41. The maximum absolute atomic E-state index is 12.3. The molecule has 2 aromatic heterocycles. The number of aryl methyl sites for hydroxylation is 3. The molecule has 3 N–H and O–H groups in total. The Bertz CT molecular complexity index is 862. The minimum absolute atomic E-state index is 0.291. The normalized spacial score (nSPS) is 12.0. The highest BCUT2D eigenvalue weighted by Crippen LogP contribution is 2.20. The van der Waals surface area contributed by atoms with Crippen LogP contribution in [0.3, 0.4) is 0 Å². The van der Waals surface area contributed by atoms with Crippen LogP contribution >= 0.6 is 0 Å². The van der Waals surface area contributed by atoms with Gasteiger partial charge in [0.15, 0.2) is 0 Å². The van der Waals surface area contributed by atoms with E-state index in [1.807, 2.05) is 45.9 Å². The van der Waals surface area contributed by atoms with Gasteiger partial charge >= 0.3 is 6.03 Å². The highest BCUT2D eigenvalue weighted by atomic mass is 16.2. The Hall–Kier alpha value is -3.16. The molecule has 1 atom stereocenters. The van der Waals surface area contributed by atoms with E-state index in [2.05, 4.69) is 37.0 Å². The Balaban J connectivity index is 1.80. The first-order valence-corrected chi connectivity index (χ1v) is 8.00. The van der Waals surface area contributed by atoms with E-state index in [0.717, 1.165) is 22.5 Å². The van der Waals surface area contributed by atoms with Crippen LogP contribution in [0.4, 0.5) is 10.6 Å². The maximum atomic E-state index is 12.3. The van der Waals surface area contributed by atoms with Crippen molar-refractivity contribution in [3.63, 3.8) is 0 Å². The topological polar surface area (TPSA) is 101 Å². The molecule has 130 valence electrons. The van der Waals surface area contributed by atoms with Crippen molar-refractivity contribution in [1.82, 2.24) is 30.3 Å². The molecular weight excluding hydrogens is 318 g/mol. The molecule has 0 fully saturated rings. The number of aromatic amines is 1. The predicted octanol–water partition coefficient (Wildman–Crippen LogP) is 2.80. The zero-order valence-corrected chi connectivity index (χ0v) is 14.7. The van der Waals surface area contributed by atoms with Gasteiger partial charge in [-0.15, -0.1) is 0 Å². The zero-order valence-electron chi connectivity index (χ0n) is 14.7. The Morgan fingerprint density at radius 2 is 1.88 bits per heavy atom. The molecule has 0 aliphatic rings. The van der Waals surface area contributed by atoms with Crippen LogP contribution in [0.25, 0.3) is 5.69 Å². The Morgan fingerprint density at radius 3 is 2.52 bits per heavy atom. The number of aromatic nitrogens is 5. The summed E-state index contributed by atoms with van der Waals surface area (Å²) in [4.78, 5) is 16.4. The first-order valence-electron chi connectivity index (χ1n) is 8.00. The molecule has 1 unspecified atom stereocenters. The molecule has 3 aromatic rings. The molecule has 0 radical (unpaired) electrons. The van der Waals surface area contributed by atoms with E-state index >= 15 is 0 Å². The third kappa shape index (κ3) is 3.85. The summed E-state index contributed by atoms with van der Waals surface area (Å²) >= 11 is 0. The molecule has 1 aromatic carbocycles. The van der Waals surface area contributed by atoms with Crippen LogP contribution in [0.2, 0.25) is 0 Å². The van der Waals surface area contributed by atoms with Crippen molar-refractivity contribution in [2.24, 2.45) is 0 Å². The molecular formula is C17H21N7O. The molecule has 0 aliphatic carbocycles. The average Bonchev–Trinajstić information content (AvgIpc) is 3.16. The monoisotopic (exact) mass is 339 g/mol. The first kappa shape index (κ1) is 16.7. The second-order valence-electron chi connectivity index (χ2n) is 6.12. The van der Waals surface area contributed by atoms with Crippen LogP contribution in [0.5, 0.6) is 0 Å². The van der Waals surface area contributed by atoms with Crippen molar-refractivity contribution in [3.8, 4) is 5.69 Å². The number of benzene rings is 1. The van der Waals surface area contributed by atoms with Gasteiger partial charge in [-0.05, 0) is 51.0 Å². The molecule has 0 bridgehead atoms. The number of hydrogen-bond donors (Lipinski definition) is 3. The number of urea groups is 1. The number of carbonyl (C=O) groups is 1. The molecule has 0 saturated carbocycles. The molecule has 0 aliphatic heterocycles. The van der Waals surface area contributed by atoms with Gasteiger partial charge in [-0.25, -0.2) is 14.5 Å². The number of H-pyrrole nitrogens is 1. The lowest BCUT2D eigenvalue weighted by molar-refractivity contribution is 0.249. The SMILES string of the molecule is Cc1cc(C)cc(-n2nc(C)cc2NC(=O)NC(C)c2ncn[nH]2)c1. The van der Waals surface area contributed by atoms with Gasteiger partial charge in [0.1, 0.15) is 18.0 Å². The van der Waals surface area contributed by atoms with E-state index in [1.54, 1.807) is 4.68 Å². The largest absolute Gasteiger partial charge is 0.328 e. The first-order chi connectivity index (χ1) is 11.9. The van der Waals surface area contributed by atoms with Gasteiger partial charge in [-0.1, -0.05) is 6.07 Å². The average molecular weight is 339 g/mol. The highest BCUT2D eigenvalue weighted by molar-refractivity contribution is 5.89. The van der Waals surface area contributed by atoms with Crippen LogP contribution in [0, 0.1) is 20.8 Å². The summed E-state index contributed by atoms with van der Waals surface area (Å²) in [7, 11) is 0. The van der Waals surface area contributed by atoms with Gasteiger partial charge < -0.3 is 5.32 Å². The van der Waals surface area contributed by atoms with Gasteiger partial charge in [0.05, 0.1) is 17.4 Å². The van der Waals surface area contributed by atoms with Crippen molar-refractivity contribution in [3.05, 3.63) is 53.2 Å². The number of amides is 2. The molecule has 2 heterocycles. The second kappa shape index (κ2) is 6.76. The number of rotatable bonds is 4. The van der Waals surface area contributed by atoms with Crippen molar-refractivity contribution < 1.29 is 4.79 Å². The molecule has 3 rings (SSSR count). The molecule has 8 nitrogen and oxygen atoms in total. The Morgan fingerprint density at radius 1 is 1.16 bits per heavy atom. The summed E-state index contributed by atoms with van der Waals surface area (Å²) in [5, 5.41) is 16.7. The highest BCUT2D eigenvalue weighted by Gasteiger charge is 2.15. The van der Waals surface area contributed by atoms with Gasteiger partial charge in [-0.2, -0.15) is 10.2 Å². The smallest absolute Gasteiger partial charge is 0.320 e. The van der Waals surface area contributed by atoms with Crippen LogP contribution in [-0.4, -0.2) is 31.0 Å². The predicted molar refractivity (Wildman–Crippen MR) is 94.7 cm³/mol.